The number of nitrogens with zero attached hydrogens (tertiary/aromatic N) is 2. The van der Waals surface area contributed by atoms with Crippen molar-refractivity contribution in [3.8, 4) is 5.75 Å². The van der Waals surface area contributed by atoms with Gasteiger partial charge in [0.15, 0.2) is 17.5 Å². The molecule has 6 nitrogen and oxygen atoms in total. The van der Waals surface area contributed by atoms with E-state index < -0.39 is 29.0 Å². The maximum atomic E-state index is 15.1. The van der Waals surface area contributed by atoms with Crippen LogP contribution < -0.4 is 15.4 Å². The number of aromatic nitrogens is 2. The smallest absolute Gasteiger partial charge is 0.255 e. The summed E-state index contributed by atoms with van der Waals surface area (Å²) in [5, 5.41) is 6.28. The van der Waals surface area contributed by atoms with Crippen LogP contribution >= 0.6 is 0 Å². The van der Waals surface area contributed by atoms with Crippen LogP contribution in [-0.4, -0.2) is 36.1 Å². The molecule has 0 bridgehead atoms. The van der Waals surface area contributed by atoms with Gasteiger partial charge in [0.25, 0.3) is 5.91 Å². The minimum atomic E-state index is -0.948. The average molecular weight is 438 g/mol. The van der Waals surface area contributed by atoms with Crippen LogP contribution in [0.4, 0.5) is 8.78 Å². The van der Waals surface area contributed by atoms with Crippen LogP contribution in [0.15, 0.2) is 60.9 Å². The van der Waals surface area contributed by atoms with Crippen molar-refractivity contribution in [2.24, 2.45) is 0 Å². The second-order valence-corrected chi connectivity index (χ2v) is 7.72. The van der Waals surface area contributed by atoms with E-state index in [2.05, 4.69) is 20.6 Å². The topological polar surface area (TPSA) is 76.1 Å². The van der Waals surface area contributed by atoms with Gasteiger partial charge in [-0.3, -0.25) is 4.79 Å². The number of hydrogen-bond donors (Lipinski definition) is 2. The number of carbonyl (C=O) groups excluding carboxylic acids is 1. The molecule has 1 fully saturated rings. The number of para-hydroxylation sites is 1. The second-order valence-electron chi connectivity index (χ2n) is 7.72. The van der Waals surface area contributed by atoms with Crippen LogP contribution in [-0.2, 0) is 5.41 Å². The molecule has 0 spiro atoms. The predicted octanol–water partition coefficient (Wildman–Crippen LogP) is 3.56. The Hall–Kier alpha value is -3.39. The van der Waals surface area contributed by atoms with Crippen molar-refractivity contribution in [2.75, 3.05) is 20.2 Å². The van der Waals surface area contributed by atoms with Crippen LogP contribution in [0.2, 0.25) is 0 Å². The van der Waals surface area contributed by atoms with Gasteiger partial charge in [-0.1, -0.05) is 24.3 Å². The van der Waals surface area contributed by atoms with E-state index in [9.17, 15) is 9.18 Å². The summed E-state index contributed by atoms with van der Waals surface area (Å²) < 4.78 is 34.7. The predicted molar refractivity (Wildman–Crippen MR) is 115 cm³/mol. The monoisotopic (exact) mass is 438 g/mol. The summed E-state index contributed by atoms with van der Waals surface area (Å²) in [6, 6.07) is 11.9. The van der Waals surface area contributed by atoms with Gasteiger partial charge in [0, 0.05) is 17.8 Å². The van der Waals surface area contributed by atoms with Crippen LogP contribution in [0.1, 0.15) is 40.6 Å². The van der Waals surface area contributed by atoms with Gasteiger partial charge in [-0.25, -0.2) is 18.7 Å². The first-order chi connectivity index (χ1) is 15.6. The molecular weight excluding hydrogens is 414 g/mol. The van der Waals surface area contributed by atoms with E-state index in [0.29, 0.717) is 43.1 Å². The summed E-state index contributed by atoms with van der Waals surface area (Å²) in [4.78, 5) is 22.1. The molecule has 1 aliphatic rings. The number of carbonyl (C=O) groups is 1. The highest BCUT2D eigenvalue weighted by Gasteiger charge is 2.46. The summed E-state index contributed by atoms with van der Waals surface area (Å²) in [5.41, 5.74) is -0.410. The molecule has 1 aliphatic heterocycles. The highest BCUT2D eigenvalue weighted by molar-refractivity contribution is 5.97. The minimum absolute atomic E-state index is 0.205. The molecule has 3 aromatic rings. The van der Waals surface area contributed by atoms with Crippen molar-refractivity contribution in [2.45, 2.75) is 24.3 Å². The molecule has 0 aliphatic carbocycles. The summed E-state index contributed by atoms with van der Waals surface area (Å²) in [5.74, 6) is -1.50. The van der Waals surface area contributed by atoms with Crippen molar-refractivity contribution in [3.63, 3.8) is 0 Å². The molecule has 8 heteroatoms. The molecule has 0 saturated carbocycles. The Balaban J connectivity index is 1.84. The van der Waals surface area contributed by atoms with E-state index in [0.717, 1.165) is 6.07 Å². The van der Waals surface area contributed by atoms with Gasteiger partial charge < -0.3 is 15.4 Å². The second kappa shape index (κ2) is 9.40. The van der Waals surface area contributed by atoms with Crippen LogP contribution in [0.5, 0.6) is 5.75 Å². The first-order valence-corrected chi connectivity index (χ1v) is 10.4. The zero-order valence-electron chi connectivity index (χ0n) is 17.6. The molecule has 4 rings (SSSR count). The Labute approximate surface area is 185 Å². The van der Waals surface area contributed by atoms with Gasteiger partial charge in [-0.2, -0.15) is 0 Å². The minimum Gasteiger partial charge on any atom is -0.496 e. The standard InChI is InChI=1S/C24H24F2N4O2/c1-32-19-9-3-2-6-16(19)23(31)30-21(22-28-12-5-13-29-22)24(10-14-27-15-11-24)17-7-4-8-18(25)20(17)26/h2-9,12-13,21,27H,10-11,14-15H2,1H3,(H,30,31). The zero-order chi connectivity index (χ0) is 22.6. The number of nitrogens with one attached hydrogen (secondary N) is 2. The van der Waals surface area contributed by atoms with Crippen molar-refractivity contribution in [1.29, 1.82) is 0 Å². The number of ether oxygens (including phenoxy) is 1. The van der Waals surface area contributed by atoms with E-state index in [-0.39, 0.29) is 5.56 Å². The van der Waals surface area contributed by atoms with E-state index in [1.807, 2.05) is 0 Å². The Morgan fingerprint density at radius 3 is 2.50 bits per heavy atom. The lowest BCUT2D eigenvalue weighted by atomic mass is 9.67. The number of benzene rings is 2. The zero-order valence-corrected chi connectivity index (χ0v) is 17.6. The first kappa shape index (κ1) is 21.8. The molecule has 32 heavy (non-hydrogen) atoms. The molecule has 1 aromatic heterocycles. The highest BCUT2D eigenvalue weighted by atomic mass is 19.2. The third-order valence-electron chi connectivity index (χ3n) is 6.01. The fraction of sp³-hybridized carbons (Fsp3) is 0.292. The molecule has 1 saturated heterocycles. The van der Waals surface area contributed by atoms with Crippen molar-refractivity contribution < 1.29 is 18.3 Å². The fourth-order valence-electron chi connectivity index (χ4n) is 4.43. The lowest BCUT2D eigenvalue weighted by Gasteiger charge is -2.44. The Morgan fingerprint density at radius 1 is 1.06 bits per heavy atom. The van der Waals surface area contributed by atoms with E-state index in [1.165, 1.54) is 13.2 Å². The lowest BCUT2D eigenvalue weighted by Crippen LogP contribution is -2.51. The highest BCUT2D eigenvalue weighted by Crippen LogP contribution is 2.45. The van der Waals surface area contributed by atoms with Gasteiger partial charge in [0.2, 0.25) is 0 Å². The Kier molecular flexibility index (Phi) is 6.41. The third-order valence-corrected chi connectivity index (χ3v) is 6.01. The third kappa shape index (κ3) is 4.05. The van der Waals surface area contributed by atoms with E-state index in [4.69, 9.17) is 4.74 Å². The van der Waals surface area contributed by atoms with Crippen molar-refractivity contribution >= 4 is 5.91 Å². The summed E-state index contributed by atoms with van der Waals surface area (Å²) >= 11 is 0. The largest absolute Gasteiger partial charge is 0.496 e. The fourth-order valence-corrected chi connectivity index (χ4v) is 4.43. The average Bonchev–Trinajstić information content (AvgIpc) is 2.85. The number of halogens is 2. The van der Waals surface area contributed by atoms with Gasteiger partial charge in [-0.05, 0) is 55.8 Å². The normalized spacial score (nSPS) is 16.2. The summed E-state index contributed by atoms with van der Waals surface area (Å²) in [6.07, 6.45) is 4.06. The molecule has 1 atom stereocenters. The first-order valence-electron chi connectivity index (χ1n) is 10.4. The van der Waals surface area contributed by atoms with Crippen LogP contribution in [0.25, 0.3) is 0 Å². The molecular formula is C24H24F2N4O2. The number of rotatable bonds is 6. The number of amides is 1. The van der Waals surface area contributed by atoms with E-state index in [1.54, 1.807) is 48.8 Å². The van der Waals surface area contributed by atoms with Gasteiger partial charge in [0.05, 0.1) is 18.7 Å². The SMILES string of the molecule is COc1ccccc1C(=O)NC(c1ncccn1)C1(c2cccc(F)c2F)CCNCC1. The number of piperidine rings is 1. The molecule has 2 aromatic carbocycles. The summed E-state index contributed by atoms with van der Waals surface area (Å²) in [7, 11) is 1.49. The van der Waals surface area contributed by atoms with Gasteiger partial charge in [-0.15, -0.1) is 0 Å². The maximum absolute atomic E-state index is 15.1. The molecule has 2 heterocycles. The van der Waals surface area contributed by atoms with Crippen LogP contribution in [0.3, 0.4) is 0 Å². The quantitative estimate of drug-likeness (QED) is 0.616. The lowest BCUT2D eigenvalue weighted by molar-refractivity contribution is 0.0887. The molecule has 166 valence electrons. The van der Waals surface area contributed by atoms with Gasteiger partial charge in [0.1, 0.15) is 5.75 Å². The van der Waals surface area contributed by atoms with E-state index >= 15 is 4.39 Å². The maximum Gasteiger partial charge on any atom is 0.255 e. The van der Waals surface area contributed by atoms with Crippen molar-refractivity contribution in [3.05, 3.63) is 89.5 Å². The molecule has 0 radical (unpaired) electrons. The Bertz CT molecular complexity index is 1090. The number of methoxy groups -OCH3 is 1. The number of hydrogen-bond acceptors (Lipinski definition) is 5. The molecule has 1 unspecified atom stereocenters. The van der Waals surface area contributed by atoms with Gasteiger partial charge >= 0.3 is 0 Å². The summed E-state index contributed by atoms with van der Waals surface area (Å²) in [6.45, 7) is 1.15. The van der Waals surface area contributed by atoms with Crippen LogP contribution in [0, 0.1) is 11.6 Å². The Morgan fingerprint density at radius 2 is 1.78 bits per heavy atom. The molecule has 1 amide bonds. The van der Waals surface area contributed by atoms with Crippen molar-refractivity contribution in [1.82, 2.24) is 20.6 Å². The molecule has 2 N–H and O–H groups in total.